The zero-order chi connectivity index (χ0) is 94.1. The predicted octanol–water partition coefficient (Wildman–Crippen LogP) is 32.7. The summed E-state index contributed by atoms with van der Waals surface area (Å²) >= 11 is 0. The summed E-state index contributed by atoms with van der Waals surface area (Å²) in [6.07, 6.45) is 7.27. The Bertz CT molecular complexity index is 8980. The first kappa shape index (κ1) is 82.4. The lowest BCUT2D eigenvalue weighted by Gasteiger charge is -2.22. The van der Waals surface area contributed by atoms with Crippen molar-refractivity contribution < 1.29 is 17.6 Å². The maximum atomic E-state index is 14.6. The molecule has 0 aliphatic heterocycles. The molecule has 12 nitrogen and oxygen atoms in total. The van der Waals surface area contributed by atoms with Crippen LogP contribution < -0.4 is 0 Å². The first-order valence-corrected chi connectivity index (χ1v) is 45.5. The molecule has 0 atom stereocenters. The van der Waals surface area contributed by atoms with Crippen LogP contribution >= 0.6 is 0 Å². The van der Waals surface area contributed by atoms with E-state index >= 15 is 0 Å². The van der Waals surface area contributed by atoms with Gasteiger partial charge in [0.2, 0.25) is 0 Å². The van der Waals surface area contributed by atoms with Crippen LogP contribution in [0.5, 0.6) is 0 Å². The largest absolute Gasteiger partial charge is 0.309 e. The van der Waals surface area contributed by atoms with Crippen LogP contribution in [0.15, 0.2) is 413 Å². The molecule has 0 unspecified atom stereocenters. The molecular formula is C124H68F4N12. The van der Waals surface area contributed by atoms with Gasteiger partial charge in [0.15, 0.2) is 11.4 Å². The van der Waals surface area contributed by atoms with E-state index in [9.17, 15) is 28.1 Å². The Kier molecular flexibility index (Phi) is 19.6. The van der Waals surface area contributed by atoms with Crippen LogP contribution in [0.1, 0.15) is 11.1 Å². The molecule has 16 heteroatoms. The van der Waals surface area contributed by atoms with Crippen LogP contribution in [-0.2, 0) is 0 Å². The van der Waals surface area contributed by atoms with Gasteiger partial charge in [-0.1, -0.05) is 121 Å². The highest BCUT2D eigenvalue weighted by atomic mass is 19.1. The summed E-state index contributed by atoms with van der Waals surface area (Å²) in [5.74, 6) is -1.54. The molecule has 0 fully saturated rings. The van der Waals surface area contributed by atoms with E-state index in [-0.39, 0.29) is 23.3 Å². The molecular weight excluding hydrogens is 1730 g/mol. The highest BCUT2D eigenvalue weighted by Gasteiger charge is 2.28. The SMILES string of the molecule is Fc1ccc2c(c1)c1cc(F)ccc1n2-c1ccc2c(-c3ccccc3)c3cc(-n4c5ccc(F)cc5c5cc(F)ccc54)ccc3c(-c3ccccc3)c2c1.[C-]#[N+]c1ccc2c(c1)c1cc(C#N)ccc1n2-c1ccc2c(-c3cc(-c4ccccn4)cc(-c4ccccn4)c3)c3cc(-n4c5ccc(C#N)cc5c5cc([N+]#[C-])ccc54)ccc3c(-c3cc(-c4ccccn4)cc(-c4ccccn4)c3)c2c1. The molecule has 0 aliphatic rings. The molecule has 0 N–H and O–H groups in total. The minimum atomic E-state index is -0.385. The number of hydrogen-bond acceptors (Lipinski definition) is 6. The van der Waals surface area contributed by atoms with E-state index in [0.717, 1.165) is 221 Å². The van der Waals surface area contributed by atoms with Crippen molar-refractivity contribution in [1.82, 2.24) is 38.2 Å². The molecule has 0 radical (unpaired) electrons. The van der Waals surface area contributed by atoms with E-state index in [2.05, 4.69) is 174 Å². The fourth-order valence-corrected chi connectivity index (χ4v) is 21.0. The number of halogens is 4. The lowest BCUT2D eigenvalue weighted by molar-refractivity contribution is 0.628. The Morgan fingerprint density at radius 1 is 0.207 bits per heavy atom. The van der Waals surface area contributed by atoms with E-state index in [1.54, 1.807) is 24.3 Å². The third kappa shape index (κ3) is 13.8. The minimum absolute atomic E-state index is 0.385. The Labute approximate surface area is 797 Å². The highest BCUT2D eigenvalue weighted by Crippen LogP contribution is 2.52. The standard InChI is InChI=1S/C74H40N10.C50H28F4N2/c1-77-53-17-25-71-61(39-53)59-31-45(43-75)15-23-69(59)83(71)55-19-21-57-63(41-55)73(51-35-47(65-11-3-7-27-79-65)33-48(36-51)66-12-4-8-28-80-66)58-22-20-56(84-70-24-16-46(44-76)32-60(70)62-40-54(78-2)18-26-72(62)84)42-64(58)74(57)52-37-49(67-13-5-9-29-81-67)34-50(38-52)68-14-6-10-30-82-68;51-31-11-19-45-39(23-31)40-24-32(52)12-20-46(40)55(45)35-16-18-38-43(27-35)49(29-7-3-1-4-8-29)37-17-15-36(28-44(37)50(38)30-9-5-2-6-10-30)56-47-21-13-33(53)25-41(47)42-26-34(54)14-22-48(42)56/h3-42H;1-28H. The molecule has 0 amide bonds. The third-order valence-electron chi connectivity index (χ3n) is 27.0. The number of benzene rings is 18. The lowest BCUT2D eigenvalue weighted by atomic mass is 9.83. The molecule has 26 rings (SSSR count). The number of nitrogens with zero attached hydrogens (tertiary/aromatic N) is 12. The number of rotatable bonds is 12. The highest BCUT2D eigenvalue weighted by molar-refractivity contribution is 6.26. The topological polar surface area (TPSA) is 128 Å². The van der Waals surface area contributed by atoms with Gasteiger partial charge in [-0.3, -0.25) is 19.9 Å². The molecule has 8 aromatic heterocycles. The van der Waals surface area contributed by atoms with Gasteiger partial charge in [0.1, 0.15) is 23.3 Å². The van der Waals surface area contributed by atoms with Gasteiger partial charge in [-0.25, -0.2) is 27.3 Å². The molecule has 140 heavy (non-hydrogen) atoms. The number of nitriles is 2. The van der Waals surface area contributed by atoms with Gasteiger partial charge in [-0.2, -0.15) is 10.5 Å². The normalized spacial score (nSPS) is 11.5. The number of aromatic nitrogens is 8. The summed E-state index contributed by atoms with van der Waals surface area (Å²) in [6.45, 7) is 16.0. The van der Waals surface area contributed by atoms with E-state index in [4.69, 9.17) is 33.1 Å². The van der Waals surface area contributed by atoms with E-state index in [1.165, 1.54) is 48.5 Å². The smallest absolute Gasteiger partial charge is 0.188 e. The number of pyridine rings is 4. The zero-order valence-corrected chi connectivity index (χ0v) is 74.1. The van der Waals surface area contributed by atoms with Crippen molar-refractivity contribution in [2.75, 3.05) is 0 Å². The second-order valence-electron chi connectivity index (χ2n) is 34.9. The summed E-state index contributed by atoms with van der Waals surface area (Å²) in [7, 11) is 0. The van der Waals surface area contributed by atoms with Gasteiger partial charge in [0, 0.05) is 102 Å². The van der Waals surface area contributed by atoms with Crippen LogP contribution in [0.4, 0.5) is 28.9 Å². The van der Waals surface area contributed by atoms with Crippen LogP contribution in [0.3, 0.4) is 0 Å². The van der Waals surface area contributed by atoms with Gasteiger partial charge in [0.05, 0.1) is 103 Å². The van der Waals surface area contributed by atoms with Crippen molar-refractivity contribution in [3.8, 4) is 124 Å². The maximum Gasteiger partial charge on any atom is 0.188 e. The van der Waals surface area contributed by atoms with Crippen LogP contribution in [-0.4, -0.2) is 38.2 Å². The molecule has 26 aromatic rings. The lowest BCUT2D eigenvalue weighted by Crippen LogP contribution is -1.99. The molecule has 18 aromatic carbocycles. The average molecular weight is 1800 g/mol. The van der Waals surface area contributed by atoms with Crippen LogP contribution in [0, 0.1) is 59.1 Å². The summed E-state index contributed by atoms with van der Waals surface area (Å²) in [5, 5.41) is 34.3. The number of fused-ring (bicyclic) bond motifs is 16. The minimum Gasteiger partial charge on any atom is -0.309 e. The van der Waals surface area contributed by atoms with E-state index < -0.39 is 0 Å². The molecule has 0 saturated heterocycles. The second-order valence-corrected chi connectivity index (χ2v) is 34.9. The molecule has 0 spiro atoms. The summed E-state index contributed by atoms with van der Waals surface area (Å²) in [4.78, 5) is 27.2. The average Bonchev–Trinajstić information content (AvgIpc) is 1.27. The van der Waals surface area contributed by atoms with Gasteiger partial charge < -0.3 is 18.3 Å². The van der Waals surface area contributed by atoms with Crippen molar-refractivity contribution in [2.45, 2.75) is 0 Å². The Morgan fingerprint density at radius 3 is 0.714 bits per heavy atom. The van der Waals surface area contributed by atoms with Crippen molar-refractivity contribution >= 4 is 142 Å². The molecule has 0 aliphatic carbocycles. The van der Waals surface area contributed by atoms with Crippen LogP contribution in [0.2, 0.25) is 0 Å². The van der Waals surface area contributed by atoms with Crippen molar-refractivity contribution in [3.63, 3.8) is 0 Å². The Hall–Kier alpha value is -19.5. The second kappa shape index (κ2) is 33.3. The Balaban J connectivity index is 0.000000160. The quantitative estimate of drug-likeness (QED) is 0.0681. The predicted molar refractivity (Wildman–Crippen MR) is 557 cm³/mol. The van der Waals surface area contributed by atoms with E-state index in [0.29, 0.717) is 44.0 Å². The molecule has 0 saturated carbocycles. The van der Waals surface area contributed by atoms with Crippen LogP contribution in [0.25, 0.3) is 252 Å². The number of hydrogen-bond donors (Lipinski definition) is 0. The molecule has 8 heterocycles. The summed E-state index contributed by atoms with van der Waals surface area (Å²) in [5.41, 5.74) is 27.1. The fourth-order valence-electron chi connectivity index (χ4n) is 21.0. The van der Waals surface area contributed by atoms with Gasteiger partial charge in [-0.15, -0.1) is 0 Å². The molecule has 0 bridgehead atoms. The summed E-state index contributed by atoms with van der Waals surface area (Å²) in [6, 6.07) is 130. The maximum absolute atomic E-state index is 14.6. The molecule has 652 valence electrons. The summed E-state index contributed by atoms with van der Waals surface area (Å²) < 4.78 is 67.2. The fraction of sp³-hybridized carbons (Fsp3) is 0. The monoisotopic (exact) mass is 1800 g/mol. The van der Waals surface area contributed by atoms with Crippen molar-refractivity contribution in [2.24, 2.45) is 0 Å². The third-order valence-corrected chi connectivity index (χ3v) is 27.0. The van der Waals surface area contributed by atoms with E-state index in [1.807, 2.05) is 207 Å². The van der Waals surface area contributed by atoms with Gasteiger partial charge >= 0.3 is 0 Å². The zero-order valence-electron chi connectivity index (χ0n) is 74.1. The van der Waals surface area contributed by atoms with Crippen molar-refractivity contribution in [3.05, 3.63) is 470 Å². The first-order chi connectivity index (χ1) is 68.8. The first-order valence-electron chi connectivity index (χ1n) is 45.5. The Morgan fingerprint density at radius 2 is 0.450 bits per heavy atom. The van der Waals surface area contributed by atoms with Gasteiger partial charge in [-0.05, 0) is 365 Å². The van der Waals surface area contributed by atoms with Gasteiger partial charge in [0.25, 0.3) is 0 Å². The van der Waals surface area contributed by atoms with Crippen molar-refractivity contribution in [1.29, 1.82) is 10.5 Å².